The van der Waals surface area contributed by atoms with Crippen molar-refractivity contribution in [3.05, 3.63) is 66.2 Å². The van der Waals surface area contributed by atoms with Gasteiger partial charge in [-0.2, -0.15) is 0 Å². The molecule has 28 heavy (non-hydrogen) atoms. The Morgan fingerprint density at radius 2 is 1.64 bits per heavy atom. The quantitative estimate of drug-likeness (QED) is 0.669. The zero-order chi connectivity index (χ0) is 19.6. The first-order valence-corrected chi connectivity index (χ1v) is 10.5. The van der Waals surface area contributed by atoms with E-state index in [1.165, 1.54) is 12.8 Å². The standard InChI is InChI=1S/C24H31N2O2/c1-19(2)26-15-13-20(14-16-26)17-23(26)28-24(27)25(22-11-7-4-8-12-22)18-21-9-5-3-6-10-21/h3-12,19-20,23H,13-18H2,1-2H3/q+1/t20?,23-,26?/m1/s1. The summed E-state index contributed by atoms with van der Waals surface area (Å²) in [5.41, 5.74) is 1.98. The lowest BCUT2D eigenvalue weighted by atomic mass is 9.83. The molecule has 1 atom stereocenters. The molecule has 0 spiro atoms. The molecule has 0 aromatic heterocycles. The van der Waals surface area contributed by atoms with E-state index in [1.807, 2.05) is 48.5 Å². The second-order valence-electron chi connectivity index (χ2n) is 8.57. The van der Waals surface area contributed by atoms with Crippen LogP contribution >= 0.6 is 0 Å². The summed E-state index contributed by atoms with van der Waals surface area (Å²) < 4.78 is 7.16. The summed E-state index contributed by atoms with van der Waals surface area (Å²) in [7, 11) is 0. The van der Waals surface area contributed by atoms with Gasteiger partial charge in [-0.25, -0.2) is 4.79 Å². The molecule has 4 heteroatoms. The topological polar surface area (TPSA) is 29.5 Å². The van der Waals surface area contributed by atoms with Crippen LogP contribution in [-0.4, -0.2) is 35.9 Å². The van der Waals surface area contributed by atoms with Gasteiger partial charge in [0.15, 0.2) is 0 Å². The van der Waals surface area contributed by atoms with E-state index in [0.717, 1.165) is 35.2 Å². The minimum Gasteiger partial charge on any atom is -0.396 e. The van der Waals surface area contributed by atoms with Gasteiger partial charge in [-0.15, -0.1) is 0 Å². The Kier molecular flexibility index (Phi) is 5.40. The SMILES string of the molecule is CC(C)[N+]12CCC(CC1)C[C@H]2OC(=O)N(Cc1ccccc1)c1ccccc1. The molecule has 3 aliphatic heterocycles. The average Bonchev–Trinajstić information content (AvgIpc) is 2.74. The van der Waals surface area contributed by atoms with Crippen LogP contribution < -0.4 is 4.90 Å². The number of benzene rings is 2. The Hall–Kier alpha value is -2.33. The van der Waals surface area contributed by atoms with Crippen LogP contribution in [0.3, 0.4) is 0 Å². The molecule has 3 fully saturated rings. The largest absolute Gasteiger partial charge is 0.419 e. The van der Waals surface area contributed by atoms with Gasteiger partial charge >= 0.3 is 6.09 Å². The lowest BCUT2D eigenvalue weighted by Crippen LogP contribution is -2.68. The first-order valence-electron chi connectivity index (χ1n) is 10.5. The minimum atomic E-state index is -0.231. The monoisotopic (exact) mass is 379 g/mol. The Labute approximate surface area is 168 Å². The maximum atomic E-state index is 13.4. The van der Waals surface area contributed by atoms with E-state index in [2.05, 4.69) is 26.0 Å². The zero-order valence-corrected chi connectivity index (χ0v) is 17.0. The molecule has 0 aliphatic carbocycles. The van der Waals surface area contributed by atoms with E-state index in [4.69, 9.17) is 4.74 Å². The van der Waals surface area contributed by atoms with Crippen molar-refractivity contribution in [2.75, 3.05) is 18.0 Å². The molecule has 4 nitrogen and oxygen atoms in total. The number of carbonyl (C=O) groups excluding carboxylic acids is 1. The van der Waals surface area contributed by atoms with E-state index < -0.39 is 0 Å². The van der Waals surface area contributed by atoms with E-state index in [9.17, 15) is 4.79 Å². The van der Waals surface area contributed by atoms with Crippen LogP contribution in [0.4, 0.5) is 10.5 Å². The average molecular weight is 380 g/mol. The molecule has 5 rings (SSSR count). The van der Waals surface area contributed by atoms with Gasteiger partial charge in [0.05, 0.1) is 25.7 Å². The van der Waals surface area contributed by atoms with Crippen molar-refractivity contribution >= 4 is 11.8 Å². The summed E-state index contributed by atoms with van der Waals surface area (Å²) >= 11 is 0. The molecule has 148 valence electrons. The van der Waals surface area contributed by atoms with Gasteiger partial charge in [0.1, 0.15) is 0 Å². The minimum absolute atomic E-state index is 0.0259. The lowest BCUT2D eigenvalue weighted by Gasteiger charge is -2.55. The number of anilines is 1. The van der Waals surface area contributed by atoms with Gasteiger partial charge < -0.3 is 4.74 Å². The molecular weight excluding hydrogens is 348 g/mol. The summed E-state index contributed by atoms with van der Waals surface area (Å²) in [6.07, 6.45) is 3.27. The lowest BCUT2D eigenvalue weighted by molar-refractivity contribution is -1.00. The third kappa shape index (κ3) is 3.66. The van der Waals surface area contributed by atoms with Crippen molar-refractivity contribution < 1.29 is 14.0 Å². The van der Waals surface area contributed by atoms with Crippen LogP contribution in [0.2, 0.25) is 0 Å². The van der Waals surface area contributed by atoms with Crippen LogP contribution in [-0.2, 0) is 11.3 Å². The molecule has 3 heterocycles. The summed E-state index contributed by atoms with van der Waals surface area (Å²) in [4.78, 5) is 15.1. The number of ether oxygens (including phenoxy) is 1. The second-order valence-corrected chi connectivity index (χ2v) is 8.57. The number of hydrogen-bond donors (Lipinski definition) is 0. The normalized spacial score (nSPS) is 26.2. The summed E-state index contributed by atoms with van der Waals surface area (Å²) in [5.74, 6) is 0.704. The highest BCUT2D eigenvalue weighted by Gasteiger charge is 2.51. The predicted octanol–water partition coefficient (Wildman–Crippen LogP) is 5.19. The van der Waals surface area contributed by atoms with Crippen LogP contribution in [0.15, 0.2) is 60.7 Å². The van der Waals surface area contributed by atoms with Crippen molar-refractivity contribution in [1.29, 1.82) is 0 Å². The van der Waals surface area contributed by atoms with Gasteiger partial charge in [-0.1, -0.05) is 48.5 Å². The third-order valence-corrected chi connectivity index (χ3v) is 6.75. The molecule has 3 saturated heterocycles. The molecule has 0 unspecified atom stereocenters. The van der Waals surface area contributed by atoms with Crippen LogP contribution in [0.25, 0.3) is 0 Å². The maximum Gasteiger partial charge on any atom is 0.419 e. The molecule has 0 N–H and O–H groups in total. The van der Waals surface area contributed by atoms with E-state index in [1.54, 1.807) is 4.90 Å². The Morgan fingerprint density at radius 3 is 2.25 bits per heavy atom. The summed E-state index contributed by atoms with van der Waals surface area (Å²) in [5, 5.41) is 0. The molecular formula is C24H31N2O2+. The number of amides is 1. The molecule has 3 aliphatic rings. The number of rotatable bonds is 5. The van der Waals surface area contributed by atoms with Gasteiger partial charge in [-0.05, 0) is 37.5 Å². The number of piperidine rings is 3. The molecule has 2 aromatic carbocycles. The third-order valence-electron chi connectivity index (χ3n) is 6.75. The highest BCUT2D eigenvalue weighted by Crippen LogP contribution is 2.41. The zero-order valence-electron chi connectivity index (χ0n) is 17.0. The molecule has 1 amide bonds. The summed E-state index contributed by atoms with van der Waals surface area (Å²) in [6.45, 7) is 7.31. The van der Waals surface area contributed by atoms with Crippen molar-refractivity contribution in [2.45, 2.75) is 51.9 Å². The number of nitrogens with zero attached hydrogens (tertiary/aromatic N) is 2. The first-order chi connectivity index (χ1) is 13.6. The van der Waals surface area contributed by atoms with Crippen LogP contribution in [0.5, 0.6) is 0 Å². The second kappa shape index (κ2) is 7.96. The van der Waals surface area contributed by atoms with Crippen LogP contribution in [0.1, 0.15) is 38.7 Å². The number of fused-ring (bicyclic) bond motifs is 3. The highest BCUT2D eigenvalue weighted by molar-refractivity contribution is 5.87. The van der Waals surface area contributed by atoms with E-state index in [-0.39, 0.29) is 12.3 Å². The van der Waals surface area contributed by atoms with Gasteiger partial charge in [0.25, 0.3) is 0 Å². The first kappa shape index (κ1) is 19.0. The predicted molar refractivity (Wildman–Crippen MR) is 112 cm³/mol. The highest BCUT2D eigenvalue weighted by atomic mass is 16.6. The molecule has 2 bridgehead atoms. The molecule has 2 aromatic rings. The maximum absolute atomic E-state index is 13.4. The Morgan fingerprint density at radius 1 is 1.04 bits per heavy atom. The van der Waals surface area contributed by atoms with E-state index in [0.29, 0.717) is 18.5 Å². The van der Waals surface area contributed by atoms with Gasteiger partial charge in [0, 0.05) is 24.9 Å². The van der Waals surface area contributed by atoms with Gasteiger partial charge in [-0.3, -0.25) is 9.38 Å². The van der Waals surface area contributed by atoms with Gasteiger partial charge in [0.2, 0.25) is 6.23 Å². The number of hydrogen-bond acceptors (Lipinski definition) is 2. The van der Waals surface area contributed by atoms with E-state index >= 15 is 0 Å². The Balaban J connectivity index is 1.57. The Bertz CT molecular complexity index is 783. The van der Waals surface area contributed by atoms with Crippen molar-refractivity contribution in [3.63, 3.8) is 0 Å². The number of carbonyl (C=O) groups is 1. The van der Waals surface area contributed by atoms with Crippen LogP contribution in [0, 0.1) is 5.92 Å². The van der Waals surface area contributed by atoms with Crippen molar-refractivity contribution in [1.82, 2.24) is 0 Å². The summed E-state index contributed by atoms with van der Waals surface area (Å²) in [6, 6.07) is 20.5. The molecule has 0 radical (unpaired) electrons. The van der Waals surface area contributed by atoms with Crippen molar-refractivity contribution in [3.8, 4) is 0 Å². The smallest absolute Gasteiger partial charge is 0.396 e. The number of quaternary nitrogens is 1. The van der Waals surface area contributed by atoms with Crippen molar-refractivity contribution in [2.24, 2.45) is 5.92 Å². The molecule has 0 saturated carbocycles. The fourth-order valence-electron chi connectivity index (χ4n) is 4.94. The fraction of sp³-hybridized carbons (Fsp3) is 0.458. The number of para-hydroxylation sites is 1. The fourth-order valence-corrected chi connectivity index (χ4v) is 4.94.